The zero-order valence-electron chi connectivity index (χ0n) is 11.1. The Labute approximate surface area is 125 Å². The third-order valence-corrected chi connectivity index (χ3v) is 3.15. The summed E-state index contributed by atoms with van der Waals surface area (Å²) in [6, 6.07) is 5.15. The number of hydrogen-bond donors (Lipinski definition) is 3. The minimum Gasteiger partial charge on any atom is -0.479 e. The Balaban J connectivity index is 2.23. The van der Waals surface area contributed by atoms with Gasteiger partial charge in [-0.2, -0.15) is 0 Å². The van der Waals surface area contributed by atoms with Crippen LogP contribution in [0.25, 0.3) is 0 Å². The van der Waals surface area contributed by atoms with Crippen molar-refractivity contribution < 1.29 is 14.7 Å². The average Bonchev–Trinajstić information content (AvgIpc) is 2.94. The number of carbonyl (C=O) groups is 2. The van der Waals surface area contributed by atoms with E-state index in [-0.39, 0.29) is 10.8 Å². The van der Waals surface area contributed by atoms with E-state index in [1.54, 1.807) is 18.2 Å². The molecule has 2 aromatic rings. The van der Waals surface area contributed by atoms with Gasteiger partial charge in [0.2, 0.25) is 5.82 Å². The lowest BCUT2D eigenvalue weighted by Gasteiger charge is -2.15. The molecule has 0 fully saturated rings. The summed E-state index contributed by atoms with van der Waals surface area (Å²) < 4.78 is 0. The fourth-order valence-electron chi connectivity index (χ4n) is 1.73. The molecule has 0 saturated heterocycles. The van der Waals surface area contributed by atoms with Gasteiger partial charge in [0, 0.05) is 17.0 Å². The van der Waals surface area contributed by atoms with E-state index in [0.717, 1.165) is 0 Å². The molecule has 3 N–H and O–H groups in total. The Bertz CT molecular complexity index is 671. The first kappa shape index (κ1) is 15.0. The number of aliphatic carboxylic acids is 1. The van der Waals surface area contributed by atoms with Crippen molar-refractivity contribution in [2.75, 3.05) is 0 Å². The molecule has 2 rings (SSSR count). The van der Waals surface area contributed by atoms with Gasteiger partial charge in [0.25, 0.3) is 5.91 Å². The number of aromatic amines is 1. The number of nitrogens with one attached hydrogen (secondary N) is 2. The third-order valence-electron chi connectivity index (χ3n) is 2.81. The van der Waals surface area contributed by atoms with Crippen LogP contribution in [0.4, 0.5) is 0 Å². The Hall–Kier alpha value is -2.41. The molecule has 0 unspecified atom stereocenters. The molecule has 0 bridgehead atoms. The predicted octanol–water partition coefficient (Wildman–Crippen LogP) is 1.58. The van der Waals surface area contributed by atoms with Gasteiger partial charge in [-0.3, -0.25) is 9.89 Å². The number of H-pyrrole nitrogens is 1. The van der Waals surface area contributed by atoms with E-state index in [0.29, 0.717) is 17.8 Å². The first-order chi connectivity index (χ1) is 10.0. The van der Waals surface area contributed by atoms with Gasteiger partial charge in [-0.25, -0.2) is 9.78 Å². The monoisotopic (exact) mass is 308 g/mol. The van der Waals surface area contributed by atoms with E-state index < -0.39 is 17.9 Å². The maximum Gasteiger partial charge on any atom is 0.330 e. The van der Waals surface area contributed by atoms with Crippen LogP contribution in [0.1, 0.15) is 35.0 Å². The van der Waals surface area contributed by atoms with Gasteiger partial charge < -0.3 is 10.4 Å². The minimum absolute atomic E-state index is 0.106. The molecule has 21 heavy (non-hydrogen) atoms. The molecular weight excluding hydrogens is 296 g/mol. The van der Waals surface area contributed by atoms with E-state index in [9.17, 15) is 14.7 Å². The molecule has 1 amide bonds. The lowest BCUT2D eigenvalue weighted by atomic mass is 10.1. The SMILES string of the molecule is CCc1nc(C(=O)N[C@@H](C(=O)O)c2ccccc2Cl)n[nH]1. The van der Waals surface area contributed by atoms with E-state index in [1.165, 1.54) is 6.07 Å². The van der Waals surface area contributed by atoms with Gasteiger partial charge in [0.15, 0.2) is 6.04 Å². The lowest BCUT2D eigenvalue weighted by molar-refractivity contribution is -0.139. The zero-order chi connectivity index (χ0) is 15.4. The normalized spacial score (nSPS) is 11.9. The molecule has 1 heterocycles. The summed E-state index contributed by atoms with van der Waals surface area (Å²) in [5.74, 6) is -1.46. The number of hydrogen-bond acceptors (Lipinski definition) is 4. The van der Waals surface area contributed by atoms with Crippen LogP contribution >= 0.6 is 11.6 Å². The first-order valence-corrected chi connectivity index (χ1v) is 6.60. The van der Waals surface area contributed by atoms with Gasteiger partial charge >= 0.3 is 5.97 Å². The van der Waals surface area contributed by atoms with Crippen LogP contribution in [0.3, 0.4) is 0 Å². The highest BCUT2D eigenvalue weighted by molar-refractivity contribution is 6.31. The van der Waals surface area contributed by atoms with Crippen LogP contribution in [-0.4, -0.2) is 32.2 Å². The summed E-state index contributed by atoms with van der Waals surface area (Å²) >= 11 is 5.97. The predicted molar refractivity (Wildman–Crippen MR) is 75.1 cm³/mol. The Morgan fingerprint density at radius 2 is 2.14 bits per heavy atom. The third kappa shape index (κ3) is 3.38. The van der Waals surface area contributed by atoms with Crippen molar-refractivity contribution >= 4 is 23.5 Å². The second-order valence-corrected chi connectivity index (χ2v) is 4.63. The van der Waals surface area contributed by atoms with Gasteiger partial charge in [0.05, 0.1) is 0 Å². The number of carbonyl (C=O) groups excluding carboxylic acids is 1. The number of rotatable bonds is 5. The zero-order valence-corrected chi connectivity index (χ0v) is 11.9. The fraction of sp³-hybridized carbons (Fsp3) is 0.231. The molecule has 0 aliphatic rings. The van der Waals surface area contributed by atoms with Crippen molar-refractivity contribution in [1.82, 2.24) is 20.5 Å². The first-order valence-electron chi connectivity index (χ1n) is 6.22. The van der Waals surface area contributed by atoms with Gasteiger partial charge in [-0.1, -0.05) is 36.7 Å². The van der Waals surface area contributed by atoms with Crippen molar-refractivity contribution in [3.05, 3.63) is 46.5 Å². The molecule has 7 nitrogen and oxygen atoms in total. The van der Waals surface area contributed by atoms with Crippen LogP contribution in [0.5, 0.6) is 0 Å². The van der Waals surface area contributed by atoms with Crippen LogP contribution < -0.4 is 5.32 Å². The summed E-state index contributed by atoms with van der Waals surface area (Å²) in [5, 5.41) is 18.2. The summed E-state index contributed by atoms with van der Waals surface area (Å²) in [4.78, 5) is 27.3. The van der Waals surface area contributed by atoms with Crippen LogP contribution in [0.15, 0.2) is 24.3 Å². The average molecular weight is 309 g/mol. The van der Waals surface area contributed by atoms with Crippen molar-refractivity contribution in [3.63, 3.8) is 0 Å². The highest BCUT2D eigenvalue weighted by Crippen LogP contribution is 2.23. The molecule has 8 heteroatoms. The van der Waals surface area contributed by atoms with Crippen LogP contribution in [-0.2, 0) is 11.2 Å². The summed E-state index contributed by atoms with van der Waals surface area (Å²) in [6.45, 7) is 1.85. The maximum absolute atomic E-state index is 12.0. The topological polar surface area (TPSA) is 108 Å². The van der Waals surface area contributed by atoms with Crippen molar-refractivity contribution in [1.29, 1.82) is 0 Å². The number of carboxylic acid groups (broad SMARTS) is 1. The van der Waals surface area contributed by atoms with E-state index in [2.05, 4.69) is 20.5 Å². The molecule has 0 saturated carbocycles. The second kappa shape index (κ2) is 6.36. The number of halogens is 1. The quantitative estimate of drug-likeness (QED) is 0.777. The smallest absolute Gasteiger partial charge is 0.330 e. The second-order valence-electron chi connectivity index (χ2n) is 4.23. The van der Waals surface area contributed by atoms with Crippen molar-refractivity contribution in [3.8, 4) is 0 Å². The lowest BCUT2D eigenvalue weighted by Crippen LogP contribution is -2.34. The number of amides is 1. The van der Waals surface area contributed by atoms with Crippen LogP contribution in [0, 0.1) is 0 Å². The number of nitrogens with zero attached hydrogens (tertiary/aromatic N) is 2. The van der Waals surface area contributed by atoms with Crippen LogP contribution in [0.2, 0.25) is 5.02 Å². The van der Waals surface area contributed by atoms with Gasteiger partial charge in [-0.05, 0) is 6.07 Å². The Morgan fingerprint density at radius 1 is 1.43 bits per heavy atom. The minimum atomic E-state index is -1.27. The van der Waals surface area contributed by atoms with Gasteiger partial charge in [-0.15, -0.1) is 5.10 Å². The summed E-state index contributed by atoms with van der Waals surface area (Å²) in [7, 11) is 0. The van der Waals surface area contributed by atoms with E-state index in [1.807, 2.05) is 6.92 Å². The van der Waals surface area contributed by atoms with E-state index >= 15 is 0 Å². The molecule has 0 spiro atoms. The standard InChI is InChI=1S/C13H13ClN4O3/c1-2-9-15-11(18-17-9)12(19)16-10(13(20)21)7-5-3-4-6-8(7)14/h3-6,10H,2H2,1H3,(H,16,19)(H,20,21)(H,15,17,18)/t10-/m1/s1. The van der Waals surface area contributed by atoms with Crippen molar-refractivity contribution in [2.45, 2.75) is 19.4 Å². The largest absolute Gasteiger partial charge is 0.479 e. The summed E-state index contributed by atoms with van der Waals surface area (Å²) in [6.07, 6.45) is 0.590. The number of carboxylic acids is 1. The molecular formula is C13H13ClN4O3. The number of benzene rings is 1. The molecule has 1 aromatic carbocycles. The highest BCUT2D eigenvalue weighted by Gasteiger charge is 2.26. The fourth-order valence-corrected chi connectivity index (χ4v) is 1.98. The molecule has 110 valence electrons. The summed E-state index contributed by atoms with van der Waals surface area (Å²) in [5.41, 5.74) is 0.297. The maximum atomic E-state index is 12.0. The molecule has 0 aliphatic carbocycles. The van der Waals surface area contributed by atoms with Gasteiger partial charge in [0.1, 0.15) is 5.82 Å². The van der Waals surface area contributed by atoms with E-state index in [4.69, 9.17) is 11.6 Å². The molecule has 0 radical (unpaired) electrons. The highest BCUT2D eigenvalue weighted by atomic mass is 35.5. The Morgan fingerprint density at radius 3 is 2.71 bits per heavy atom. The molecule has 0 aliphatic heterocycles. The Kier molecular flexibility index (Phi) is 4.54. The number of aromatic nitrogens is 3. The molecule has 1 atom stereocenters. The van der Waals surface area contributed by atoms with Crippen molar-refractivity contribution in [2.24, 2.45) is 0 Å². The number of aryl methyl sites for hydroxylation is 1. The molecule has 1 aromatic heterocycles.